The van der Waals surface area contributed by atoms with E-state index in [1.54, 1.807) is 32.4 Å². The van der Waals surface area contributed by atoms with Crippen LogP contribution < -0.4 is 14.8 Å². The lowest BCUT2D eigenvalue weighted by Gasteiger charge is -2.30. The number of carbonyl (C=O) groups excluding carboxylic acids is 1. The molecule has 0 saturated carbocycles. The van der Waals surface area contributed by atoms with E-state index in [2.05, 4.69) is 5.32 Å². The minimum atomic E-state index is -3.80. The van der Waals surface area contributed by atoms with Gasteiger partial charge in [0.1, 0.15) is 17.3 Å². The topological polar surface area (TPSA) is 84.9 Å². The molecular formula is C21H24ClFN2O5S. The van der Waals surface area contributed by atoms with Gasteiger partial charge in [-0.25, -0.2) is 12.8 Å². The summed E-state index contributed by atoms with van der Waals surface area (Å²) < 4.78 is 50.8. The van der Waals surface area contributed by atoms with Crippen molar-refractivity contribution in [3.05, 3.63) is 52.8 Å². The maximum absolute atomic E-state index is 13.4. The Hall–Kier alpha value is -2.36. The maximum Gasteiger partial charge on any atom is 0.243 e. The van der Waals surface area contributed by atoms with Gasteiger partial charge >= 0.3 is 0 Å². The van der Waals surface area contributed by atoms with Crippen LogP contribution in [0.4, 0.5) is 4.39 Å². The zero-order chi connectivity index (χ0) is 22.6. The van der Waals surface area contributed by atoms with Crippen molar-refractivity contribution in [1.82, 2.24) is 9.62 Å². The first kappa shape index (κ1) is 23.3. The number of rotatable bonds is 7. The number of benzene rings is 2. The van der Waals surface area contributed by atoms with Gasteiger partial charge in [0.2, 0.25) is 15.9 Å². The molecule has 10 heteroatoms. The molecule has 168 valence electrons. The number of ether oxygens (including phenoxy) is 2. The molecule has 0 aromatic heterocycles. The van der Waals surface area contributed by atoms with Gasteiger partial charge in [0, 0.05) is 31.1 Å². The van der Waals surface area contributed by atoms with E-state index in [-0.39, 0.29) is 41.4 Å². The van der Waals surface area contributed by atoms with Crippen molar-refractivity contribution in [3.8, 4) is 11.5 Å². The van der Waals surface area contributed by atoms with Gasteiger partial charge in [0.15, 0.2) is 0 Å². The summed E-state index contributed by atoms with van der Waals surface area (Å²) >= 11 is 5.72. The molecule has 2 aromatic carbocycles. The van der Waals surface area contributed by atoms with Crippen molar-refractivity contribution in [3.63, 3.8) is 0 Å². The van der Waals surface area contributed by atoms with Gasteiger partial charge in [-0.1, -0.05) is 11.6 Å². The number of methoxy groups -OCH3 is 2. The molecule has 3 rings (SSSR count). The Balaban J connectivity index is 1.59. The van der Waals surface area contributed by atoms with Crippen molar-refractivity contribution < 1.29 is 27.1 Å². The van der Waals surface area contributed by atoms with E-state index in [1.807, 2.05) is 0 Å². The molecule has 1 N–H and O–H groups in total. The molecule has 1 fully saturated rings. The van der Waals surface area contributed by atoms with Crippen molar-refractivity contribution in [2.45, 2.75) is 24.3 Å². The second kappa shape index (κ2) is 9.84. The largest absolute Gasteiger partial charge is 0.497 e. The molecular weight excluding hydrogens is 447 g/mol. The number of amides is 1. The molecule has 2 aromatic rings. The smallest absolute Gasteiger partial charge is 0.243 e. The molecule has 31 heavy (non-hydrogen) atoms. The lowest BCUT2D eigenvalue weighted by Crippen LogP contribution is -2.42. The normalized spacial score (nSPS) is 15.5. The zero-order valence-electron chi connectivity index (χ0n) is 17.2. The Morgan fingerprint density at radius 2 is 1.87 bits per heavy atom. The predicted molar refractivity (Wildman–Crippen MR) is 114 cm³/mol. The summed E-state index contributed by atoms with van der Waals surface area (Å²) in [4.78, 5) is 12.6. The van der Waals surface area contributed by atoms with Crippen LogP contribution in [0.2, 0.25) is 5.02 Å². The number of halogens is 2. The van der Waals surface area contributed by atoms with Crippen molar-refractivity contribution in [2.75, 3.05) is 27.3 Å². The van der Waals surface area contributed by atoms with Crippen molar-refractivity contribution in [2.24, 2.45) is 5.92 Å². The van der Waals surface area contributed by atoms with Crippen LogP contribution in [0.25, 0.3) is 0 Å². The van der Waals surface area contributed by atoms with E-state index in [4.69, 9.17) is 21.1 Å². The van der Waals surface area contributed by atoms with Crippen LogP contribution >= 0.6 is 11.6 Å². The van der Waals surface area contributed by atoms with Gasteiger partial charge in [0.05, 0.1) is 24.1 Å². The number of nitrogens with one attached hydrogen (secondary N) is 1. The summed E-state index contributed by atoms with van der Waals surface area (Å²) in [6.45, 7) is 0.654. The molecule has 0 spiro atoms. The Bertz CT molecular complexity index is 1060. The molecule has 1 aliphatic rings. The van der Waals surface area contributed by atoms with Crippen LogP contribution in [0, 0.1) is 11.7 Å². The summed E-state index contributed by atoms with van der Waals surface area (Å²) in [5.41, 5.74) is 0.781. The van der Waals surface area contributed by atoms with Gasteiger partial charge in [-0.3, -0.25) is 4.79 Å². The van der Waals surface area contributed by atoms with Crippen molar-refractivity contribution in [1.29, 1.82) is 0 Å². The first-order valence-corrected chi connectivity index (χ1v) is 11.5. The number of piperidine rings is 1. The fraction of sp³-hybridized carbons (Fsp3) is 0.381. The maximum atomic E-state index is 13.4. The highest BCUT2D eigenvalue weighted by molar-refractivity contribution is 7.89. The van der Waals surface area contributed by atoms with Gasteiger partial charge in [0.25, 0.3) is 0 Å². The van der Waals surface area contributed by atoms with Crippen LogP contribution in [-0.4, -0.2) is 45.9 Å². The van der Waals surface area contributed by atoms with Crippen LogP contribution in [0.5, 0.6) is 11.5 Å². The summed E-state index contributed by atoms with van der Waals surface area (Å²) in [5.74, 6) is 0.166. The Morgan fingerprint density at radius 1 is 1.16 bits per heavy atom. The second-order valence-corrected chi connectivity index (χ2v) is 9.49. The minimum Gasteiger partial charge on any atom is -0.497 e. The van der Waals surface area contributed by atoms with Crippen LogP contribution in [0.1, 0.15) is 18.4 Å². The molecule has 7 nitrogen and oxygen atoms in total. The summed E-state index contributed by atoms with van der Waals surface area (Å²) in [6, 6.07) is 8.66. The average molecular weight is 471 g/mol. The first-order valence-electron chi connectivity index (χ1n) is 9.70. The molecule has 1 saturated heterocycles. The van der Waals surface area contributed by atoms with E-state index in [9.17, 15) is 17.6 Å². The molecule has 0 atom stereocenters. The van der Waals surface area contributed by atoms with E-state index in [1.165, 1.54) is 10.4 Å². The molecule has 1 aliphatic heterocycles. The number of carbonyl (C=O) groups is 1. The SMILES string of the molecule is COc1ccc(OC)c(CNC(=O)C2CCN(S(=O)(=O)c3ccc(F)c(Cl)c3)CC2)c1. The first-order chi connectivity index (χ1) is 14.8. The van der Waals surface area contributed by atoms with Gasteiger partial charge < -0.3 is 14.8 Å². The molecule has 1 amide bonds. The van der Waals surface area contributed by atoms with E-state index < -0.39 is 15.8 Å². The molecule has 0 bridgehead atoms. The minimum absolute atomic E-state index is 0.0630. The average Bonchev–Trinajstić information content (AvgIpc) is 2.79. The lowest BCUT2D eigenvalue weighted by molar-refractivity contribution is -0.126. The number of nitrogens with zero attached hydrogens (tertiary/aromatic N) is 1. The van der Waals surface area contributed by atoms with E-state index in [0.29, 0.717) is 24.3 Å². The molecule has 0 aliphatic carbocycles. The van der Waals surface area contributed by atoms with Crippen LogP contribution in [0.3, 0.4) is 0 Å². The monoisotopic (exact) mass is 470 g/mol. The number of hydrogen-bond donors (Lipinski definition) is 1. The van der Waals surface area contributed by atoms with Gasteiger partial charge in [-0.05, 0) is 49.2 Å². The highest BCUT2D eigenvalue weighted by Gasteiger charge is 2.32. The fourth-order valence-electron chi connectivity index (χ4n) is 3.49. The fourth-order valence-corrected chi connectivity index (χ4v) is 5.23. The predicted octanol–water partition coefficient (Wildman–Crippen LogP) is 3.21. The van der Waals surface area contributed by atoms with E-state index >= 15 is 0 Å². The standard InChI is InChI=1S/C21H24ClFN2O5S/c1-29-16-3-6-20(30-2)15(11-16)13-24-21(26)14-7-9-25(10-8-14)31(27,28)17-4-5-19(23)18(22)12-17/h3-6,11-12,14H,7-10,13H2,1-2H3,(H,24,26). The molecule has 0 radical (unpaired) electrons. The molecule has 1 heterocycles. The van der Waals surface area contributed by atoms with Crippen LogP contribution in [0.15, 0.2) is 41.3 Å². The third-order valence-corrected chi connectivity index (χ3v) is 7.48. The van der Waals surface area contributed by atoms with Gasteiger partial charge in [-0.2, -0.15) is 4.31 Å². The van der Waals surface area contributed by atoms with Gasteiger partial charge in [-0.15, -0.1) is 0 Å². The van der Waals surface area contributed by atoms with Crippen molar-refractivity contribution >= 4 is 27.5 Å². The summed E-state index contributed by atoms with van der Waals surface area (Å²) in [5, 5.41) is 2.65. The highest BCUT2D eigenvalue weighted by Crippen LogP contribution is 2.27. The second-order valence-electron chi connectivity index (χ2n) is 7.15. The summed E-state index contributed by atoms with van der Waals surface area (Å²) in [6.07, 6.45) is 0.768. The quantitative estimate of drug-likeness (QED) is 0.671. The summed E-state index contributed by atoms with van der Waals surface area (Å²) in [7, 11) is -0.688. The Labute approximate surface area is 186 Å². The number of sulfonamides is 1. The third kappa shape index (κ3) is 5.28. The molecule has 0 unspecified atom stereocenters. The Morgan fingerprint density at radius 3 is 2.48 bits per heavy atom. The highest BCUT2D eigenvalue weighted by atomic mass is 35.5. The Kier molecular flexibility index (Phi) is 7.40. The van der Waals surface area contributed by atoms with Crippen LogP contribution in [-0.2, 0) is 21.4 Å². The lowest BCUT2D eigenvalue weighted by atomic mass is 9.97. The van der Waals surface area contributed by atoms with E-state index in [0.717, 1.165) is 17.7 Å². The number of hydrogen-bond acceptors (Lipinski definition) is 5. The zero-order valence-corrected chi connectivity index (χ0v) is 18.8. The third-order valence-electron chi connectivity index (χ3n) is 5.29.